The van der Waals surface area contributed by atoms with Gasteiger partial charge in [-0.05, 0) is 25.8 Å². The Morgan fingerprint density at radius 2 is 1.87 bits per heavy atom. The van der Waals surface area contributed by atoms with Crippen LogP contribution in [0.25, 0.3) is 0 Å². The first kappa shape index (κ1) is 12.6. The Kier molecular flexibility index (Phi) is 5.83. The SMILES string of the molecule is O=C1CCCC1CCN(CCO)CCO. The molecule has 15 heavy (non-hydrogen) atoms. The van der Waals surface area contributed by atoms with E-state index in [1.807, 2.05) is 4.90 Å². The molecule has 1 saturated carbocycles. The first-order valence-corrected chi connectivity index (χ1v) is 5.74. The molecule has 1 aliphatic rings. The Bertz CT molecular complexity index is 190. The van der Waals surface area contributed by atoms with Crippen molar-refractivity contribution in [3.8, 4) is 0 Å². The standard InChI is InChI=1S/C11H21NO3/c13-8-6-12(7-9-14)5-4-10-2-1-3-11(10)15/h10,13-14H,1-9H2. The maximum Gasteiger partial charge on any atom is 0.136 e. The summed E-state index contributed by atoms with van der Waals surface area (Å²) < 4.78 is 0. The number of Topliss-reactive ketones (excluding diaryl/α,β-unsaturated/α-hetero) is 1. The highest BCUT2D eigenvalue weighted by molar-refractivity contribution is 5.82. The third-order valence-corrected chi connectivity index (χ3v) is 3.06. The number of hydrogen-bond donors (Lipinski definition) is 2. The summed E-state index contributed by atoms with van der Waals surface area (Å²) in [6.07, 6.45) is 3.66. The first-order valence-electron chi connectivity index (χ1n) is 5.74. The molecule has 0 amide bonds. The van der Waals surface area contributed by atoms with E-state index in [1.165, 1.54) is 0 Å². The Morgan fingerprint density at radius 1 is 1.20 bits per heavy atom. The van der Waals surface area contributed by atoms with Crippen molar-refractivity contribution in [2.45, 2.75) is 25.7 Å². The van der Waals surface area contributed by atoms with Crippen molar-refractivity contribution >= 4 is 5.78 Å². The molecule has 0 aromatic rings. The fourth-order valence-electron chi connectivity index (χ4n) is 2.15. The molecule has 1 atom stereocenters. The van der Waals surface area contributed by atoms with Gasteiger partial charge in [-0.3, -0.25) is 9.69 Å². The number of aliphatic hydroxyl groups is 2. The minimum atomic E-state index is 0.110. The average molecular weight is 215 g/mol. The van der Waals surface area contributed by atoms with E-state index in [4.69, 9.17) is 10.2 Å². The van der Waals surface area contributed by atoms with E-state index < -0.39 is 0 Å². The van der Waals surface area contributed by atoms with Crippen LogP contribution in [0.4, 0.5) is 0 Å². The van der Waals surface area contributed by atoms with Crippen LogP contribution in [-0.4, -0.2) is 53.7 Å². The molecule has 2 N–H and O–H groups in total. The summed E-state index contributed by atoms with van der Waals surface area (Å²) in [7, 11) is 0. The van der Waals surface area contributed by atoms with Gasteiger partial charge >= 0.3 is 0 Å². The second-order valence-electron chi connectivity index (χ2n) is 4.13. The molecule has 0 saturated heterocycles. The van der Waals surface area contributed by atoms with Gasteiger partial charge in [0.05, 0.1) is 13.2 Å². The van der Waals surface area contributed by atoms with Crippen molar-refractivity contribution in [2.24, 2.45) is 5.92 Å². The third-order valence-electron chi connectivity index (χ3n) is 3.06. The minimum absolute atomic E-state index is 0.110. The van der Waals surface area contributed by atoms with Crippen molar-refractivity contribution < 1.29 is 15.0 Å². The normalized spacial score (nSPS) is 21.5. The topological polar surface area (TPSA) is 60.8 Å². The van der Waals surface area contributed by atoms with Crippen LogP contribution in [0.5, 0.6) is 0 Å². The highest BCUT2D eigenvalue weighted by Crippen LogP contribution is 2.24. The van der Waals surface area contributed by atoms with Crippen LogP contribution in [0.3, 0.4) is 0 Å². The number of nitrogens with zero attached hydrogens (tertiary/aromatic N) is 1. The monoisotopic (exact) mass is 215 g/mol. The first-order chi connectivity index (χ1) is 7.27. The molecule has 0 aliphatic heterocycles. The summed E-state index contributed by atoms with van der Waals surface area (Å²) in [5.41, 5.74) is 0. The Morgan fingerprint density at radius 3 is 2.33 bits per heavy atom. The fourth-order valence-corrected chi connectivity index (χ4v) is 2.15. The van der Waals surface area contributed by atoms with Crippen LogP contribution in [0.15, 0.2) is 0 Å². The van der Waals surface area contributed by atoms with E-state index in [-0.39, 0.29) is 19.1 Å². The Labute approximate surface area is 90.9 Å². The second-order valence-corrected chi connectivity index (χ2v) is 4.13. The van der Waals surface area contributed by atoms with Crippen LogP contribution in [-0.2, 0) is 4.79 Å². The molecule has 4 heteroatoms. The van der Waals surface area contributed by atoms with Gasteiger partial charge in [0.15, 0.2) is 0 Å². The van der Waals surface area contributed by atoms with Gasteiger partial charge in [-0.1, -0.05) is 0 Å². The van der Waals surface area contributed by atoms with E-state index in [0.29, 0.717) is 18.9 Å². The van der Waals surface area contributed by atoms with E-state index in [1.54, 1.807) is 0 Å². The predicted molar refractivity (Wildman–Crippen MR) is 57.6 cm³/mol. The molecule has 0 spiro atoms. The van der Waals surface area contributed by atoms with Gasteiger partial charge in [-0.25, -0.2) is 0 Å². The minimum Gasteiger partial charge on any atom is -0.395 e. The molecule has 0 aromatic carbocycles. The quantitative estimate of drug-likeness (QED) is 0.629. The molecular formula is C11H21NO3. The van der Waals surface area contributed by atoms with Gasteiger partial charge in [0.2, 0.25) is 0 Å². The van der Waals surface area contributed by atoms with Crippen LogP contribution < -0.4 is 0 Å². The summed E-state index contributed by atoms with van der Waals surface area (Å²) in [4.78, 5) is 13.4. The molecule has 0 heterocycles. The van der Waals surface area contributed by atoms with Crippen molar-refractivity contribution in [1.29, 1.82) is 0 Å². The molecule has 0 radical (unpaired) electrons. The maximum atomic E-state index is 11.4. The van der Waals surface area contributed by atoms with Gasteiger partial charge in [0, 0.05) is 25.4 Å². The van der Waals surface area contributed by atoms with Crippen molar-refractivity contribution in [3.63, 3.8) is 0 Å². The Balaban J connectivity index is 2.22. The predicted octanol–water partition coefficient (Wildman–Crippen LogP) is 0.0323. The average Bonchev–Trinajstić information content (AvgIpc) is 2.61. The molecule has 88 valence electrons. The summed E-state index contributed by atoms with van der Waals surface area (Å²) in [6, 6.07) is 0. The van der Waals surface area contributed by atoms with E-state index in [0.717, 1.165) is 32.2 Å². The summed E-state index contributed by atoms with van der Waals surface area (Å²) >= 11 is 0. The highest BCUT2D eigenvalue weighted by Gasteiger charge is 2.24. The zero-order chi connectivity index (χ0) is 11.1. The zero-order valence-electron chi connectivity index (χ0n) is 9.19. The largest absolute Gasteiger partial charge is 0.395 e. The van der Waals surface area contributed by atoms with Gasteiger partial charge in [0.25, 0.3) is 0 Å². The molecule has 0 aromatic heterocycles. The van der Waals surface area contributed by atoms with E-state index in [2.05, 4.69) is 0 Å². The molecule has 4 nitrogen and oxygen atoms in total. The van der Waals surface area contributed by atoms with Crippen LogP contribution in [0, 0.1) is 5.92 Å². The molecule has 0 bridgehead atoms. The lowest BCUT2D eigenvalue weighted by Crippen LogP contribution is -2.32. The fraction of sp³-hybridized carbons (Fsp3) is 0.909. The van der Waals surface area contributed by atoms with Crippen molar-refractivity contribution in [3.05, 3.63) is 0 Å². The Hall–Kier alpha value is -0.450. The lowest BCUT2D eigenvalue weighted by atomic mass is 10.0. The molecule has 1 fully saturated rings. The molecule has 1 aliphatic carbocycles. The molecule has 1 unspecified atom stereocenters. The summed E-state index contributed by atoms with van der Waals surface area (Å²) in [5.74, 6) is 0.618. The van der Waals surface area contributed by atoms with Gasteiger partial charge in [-0.2, -0.15) is 0 Å². The van der Waals surface area contributed by atoms with Gasteiger partial charge in [0.1, 0.15) is 5.78 Å². The number of rotatable bonds is 7. The highest BCUT2D eigenvalue weighted by atomic mass is 16.3. The van der Waals surface area contributed by atoms with E-state index >= 15 is 0 Å². The number of carbonyl (C=O) groups is 1. The van der Waals surface area contributed by atoms with Crippen molar-refractivity contribution in [2.75, 3.05) is 32.8 Å². The van der Waals surface area contributed by atoms with Crippen LogP contribution in [0.2, 0.25) is 0 Å². The zero-order valence-corrected chi connectivity index (χ0v) is 9.19. The van der Waals surface area contributed by atoms with Crippen molar-refractivity contribution in [1.82, 2.24) is 4.90 Å². The number of hydrogen-bond acceptors (Lipinski definition) is 4. The summed E-state index contributed by atoms with van der Waals surface area (Å²) in [5, 5.41) is 17.6. The van der Waals surface area contributed by atoms with Gasteiger partial charge < -0.3 is 10.2 Å². The van der Waals surface area contributed by atoms with Crippen LogP contribution in [0.1, 0.15) is 25.7 Å². The smallest absolute Gasteiger partial charge is 0.136 e. The van der Waals surface area contributed by atoms with Crippen LogP contribution >= 0.6 is 0 Å². The number of ketones is 1. The number of aliphatic hydroxyl groups excluding tert-OH is 2. The molecular weight excluding hydrogens is 194 g/mol. The number of carbonyl (C=O) groups excluding carboxylic acids is 1. The van der Waals surface area contributed by atoms with E-state index in [9.17, 15) is 4.79 Å². The summed E-state index contributed by atoms with van der Waals surface area (Å²) in [6.45, 7) is 2.19. The molecule has 1 rings (SSSR count). The third kappa shape index (κ3) is 4.28. The lowest BCUT2D eigenvalue weighted by molar-refractivity contribution is -0.120. The lowest BCUT2D eigenvalue weighted by Gasteiger charge is -2.21. The maximum absolute atomic E-state index is 11.4. The van der Waals surface area contributed by atoms with Gasteiger partial charge in [-0.15, -0.1) is 0 Å². The second kappa shape index (κ2) is 6.93.